The second kappa shape index (κ2) is 7.40. The summed E-state index contributed by atoms with van der Waals surface area (Å²) in [5.41, 5.74) is 0.393. The molecule has 0 radical (unpaired) electrons. The molecule has 9 heteroatoms. The molecule has 3 heterocycles. The van der Waals surface area contributed by atoms with Gasteiger partial charge in [-0.2, -0.15) is 0 Å². The van der Waals surface area contributed by atoms with Gasteiger partial charge in [0.1, 0.15) is 24.4 Å². The zero-order valence-electron chi connectivity index (χ0n) is 13.4. The summed E-state index contributed by atoms with van der Waals surface area (Å²) in [6.45, 7) is 3.47. The fourth-order valence-electron chi connectivity index (χ4n) is 3.34. The lowest BCUT2D eigenvalue weighted by atomic mass is 9.81. The van der Waals surface area contributed by atoms with Gasteiger partial charge in [-0.3, -0.25) is 0 Å². The zero-order chi connectivity index (χ0) is 18.1. The van der Waals surface area contributed by atoms with Crippen molar-refractivity contribution in [3.63, 3.8) is 0 Å². The number of aliphatic hydroxyl groups is 4. The van der Waals surface area contributed by atoms with Crippen molar-refractivity contribution in [2.45, 2.75) is 43.4 Å². The van der Waals surface area contributed by atoms with E-state index in [2.05, 4.69) is 6.58 Å². The number of hydrogen-bond acceptors (Lipinski definition) is 9. The number of rotatable bonds is 4. The van der Waals surface area contributed by atoms with Crippen LogP contribution in [-0.4, -0.2) is 76.6 Å². The number of ether oxygens (including phenoxy) is 4. The maximum Gasteiger partial charge on any atom is 0.337 e. The first-order valence-electron chi connectivity index (χ1n) is 8.09. The van der Waals surface area contributed by atoms with Gasteiger partial charge in [0.15, 0.2) is 6.29 Å². The van der Waals surface area contributed by atoms with E-state index in [1.54, 1.807) is 6.08 Å². The SMILES string of the molecule is C=CC1C(O[C@@H]2O[C@@H](CO)[C@H](O)[C@@H](O)[C@@H]2O)OC=C2C(=O)OCCC21. The monoisotopic (exact) mass is 358 g/mol. The summed E-state index contributed by atoms with van der Waals surface area (Å²) in [5, 5.41) is 38.9. The predicted octanol–water partition coefficient (Wildman–Crippen LogP) is -1.59. The average Bonchev–Trinajstić information content (AvgIpc) is 2.62. The number of cyclic esters (lactones) is 1. The molecule has 140 valence electrons. The topological polar surface area (TPSA) is 135 Å². The van der Waals surface area contributed by atoms with Crippen LogP contribution in [0.2, 0.25) is 0 Å². The standard InChI is InChI=1S/C16H22O9/c1-2-7-8-3-4-22-14(21)9(8)6-23-15(7)25-16-13(20)12(19)11(18)10(5-17)24-16/h2,6-8,10-13,15-20H,1,3-5H2/t7?,8?,10-,11-,12+,13-,15?,16-/m0/s1. The summed E-state index contributed by atoms with van der Waals surface area (Å²) in [6, 6.07) is 0. The van der Waals surface area contributed by atoms with Gasteiger partial charge in [-0.1, -0.05) is 6.08 Å². The number of esters is 1. The van der Waals surface area contributed by atoms with E-state index in [1.165, 1.54) is 6.26 Å². The molecule has 3 unspecified atom stereocenters. The minimum Gasteiger partial charge on any atom is -0.471 e. The third-order valence-electron chi connectivity index (χ3n) is 4.79. The Bertz CT molecular complexity index is 546. The van der Waals surface area contributed by atoms with Crippen LogP contribution in [-0.2, 0) is 23.7 Å². The molecule has 3 aliphatic rings. The van der Waals surface area contributed by atoms with Crippen LogP contribution in [0.1, 0.15) is 6.42 Å². The summed E-state index contributed by atoms with van der Waals surface area (Å²) in [6.07, 6.45) is -4.44. The van der Waals surface area contributed by atoms with Crippen LogP contribution in [0.5, 0.6) is 0 Å². The van der Waals surface area contributed by atoms with E-state index in [0.717, 1.165) is 0 Å². The second-order valence-electron chi connectivity index (χ2n) is 6.26. The van der Waals surface area contributed by atoms with E-state index in [1.807, 2.05) is 0 Å². The normalized spacial score (nSPS) is 44.2. The highest BCUT2D eigenvalue weighted by molar-refractivity contribution is 5.89. The second-order valence-corrected chi connectivity index (χ2v) is 6.26. The molecule has 0 aromatic heterocycles. The Morgan fingerprint density at radius 1 is 1.24 bits per heavy atom. The fraction of sp³-hybridized carbons (Fsp3) is 0.688. The quantitative estimate of drug-likeness (QED) is 0.346. The van der Waals surface area contributed by atoms with Crippen LogP contribution in [0.3, 0.4) is 0 Å². The van der Waals surface area contributed by atoms with Crippen LogP contribution < -0.4 is 0 Å². The van der Waals surface area contributed by atoms with E-state index >= 15 is 0 Å². The highest BCUT2D eigenvalue weighted by atomic mass is 16.8. The van der Waals surface area contributed by atoms with E-state index in [9.17, 15) is 25.2 Å². The van der Waals surface area contributed by atoms with Crippen molar-refractivity contribution in [1.82, 2.24) is 0 Å². The Balaban J connectivity index is 1.75. The Hall–Kier alpha value is -1.49. The van der Waals surface area contributed by atoms with Crippen molar-refractivity contribution < 1.29 is 44.2 Å². The third-order valence-corrected chi connectivity index (χ3v) is 4.79. The highest BCUT2D eigenvalue weighted by Gasteiger charge is 2.48. The van der Waals surface area contributed by atoms with Crippen LogP contribution in [0, 0.1) is 11.8 Å². The molecule has 3 rings (SSSR count). The van der Waals surface area contributed by atoms with Crippen molar-refractivity contribution in [3.05, 3.63) is 24.5 Å². The van der Waals surface area contributed by atoms with Gasteiger partial charge in [0, 0.05) is 11.8 Å². The van der Waals surface area contributed by atoms with Crippen LogP contribution in [0.4, 0.5) is 0 Å². The fourth-order valence-corrected chi connectivity index (χ4v) is 3.34. The molecule has 3 aliphatic heterocycles. The van der Waals surface area contributed by atoms with E-state index in [4.69, 9.17) is 18.9 Å². The molecule has 25 heavy (non-hydrogen) atoms. The zero-order valence-corrected chi connectivity index (χ0v) is 13.4. The predicted molar refractivity (Wildman–Crippen MR) is 80.6 cm³/mol. The molecule has 8 atom stereocenters. The molecule has 0 saturated carbocycles. The number of carbonyl (C=O) groups excluding carboxylic acids is 1. The van der Waals surface area contributed by atoms with Crippen LogP contribution in [0.25, 0.3) is 0 Å². The molecule has 2 saturated heterocycles. The first kappa shape index (κ1) is 18.3. The molecular weight excluding hydrogens is 336 g/mol. The van der Waals surface area contributed by atoms with E-state index < -0.39 is 55.5 Å². The molecule has 9 nitrogen and oxygen atoms in total. The van der Waals surface area contributed by atoms with Crippen molar-refractivity contribution in [1.29, 1.82) is 0 Å². The minimum absolute atomic E-state index is 0.206. The first-order valence-corrected chi connectivity index (χ1v) is 8.09. The lowest BCUT2D eigenvalue weighted by molar-refractivity contribution is -0.339. The van der Waals surface area contributed by atoms with Crippen LogP contribution in [0.15, 0.2) is 24.5 Å². The maximum absolute atomic E-state index is 11.8. The van der Waals surface area contributed by atoms with Gasteiger partial charge in [0.05, 0.1) is 25.0 Å². The van der Waals surface area contributed by atoms with Crippen molar-refractivity contribution in [2.24, 2.45) is 11.8 Å². The molecule has 0 amide bonds. The number of fused-ring (bicyclic) bond motifs is 1. The highest BCUT2D eigenvalue weighted by Crippen LogP contribution is 2.38. The Kier molecular flexibility index (Phi) is 5.42. The van der Waals surface area contributed by atoms with Gasteiger partial charge >= 0.3 is 5.97 Å². The van der Waals surface area contributed by atoms with Gasteiger partial charge in [-0.25, -0.2) is 4.79 Å². The van der Waals surface area contributed by atoms with Gasteiger partial charge in [0.25, 0.3) is 0 Å². The molecule has 0 spiro atoms. The van der Waals surface area contributed by atoms with Gasteiger partial charge in [-0.15, -0.1) is 6.58 Å². The smallest absolute Gasteiger partial charge is 0.337 e. The summed E-state index contributed by atoms with van der Waals surface area (Å²) in [4.78, 5) is 11.8. The number of aliphatic hydroxyl groups excluding tert-OH is 4. The first-order chi connectivity index (χ1) is 12.0. The van der Waals surface area contributed by atoms with Crippen LogP contribution >= 0.6 is 0 Å². The maximum atomic E-state index is 11.8. The van der Waals surface area contributed by atoms with Gasteiger partial charge in [-0.05, 0) is 6.42 Å². The summed E-state index contributed by atoms with van der Waals surface area (Å²) < 4.78 is 21.4. The minimum atomic E-state index is -1.54. The molecule has 4 N–H and O–H groups in total. The molecule has 0 bridgehead atoms. The number of hydrogen-bond donors (Lipinski definition) is 4. The lowest BCUT2D eigenvalue weighted by Gasteiger charge is -2.43. The van der Waals surface area contributed by atoms with Crippen molar-refractivity contribution in [3.8, 4) is 0 Å². The van der Waals surface area contributed by atoms with Gasteiger partial charge in [0.2, 0.25) is 6.29 Å². The molecular formula is C16H22O9. The van der Waals surface area contributed by atoms with Gasteiger partial charge < -0.3 is 39.4 Å². The van der Waals surface area contributed by atoms with E-state index in [-0.39, 0.29) is 12.5 Å². The Morgan fingerprint density at radius 3 is 2.68 bits per heavy atom. The number of carbonyl (C=O) groups is 1. The Morgan fingerprint density at radius 2 is 2.00 bits per heavy atom. The summed E-state index contributed by atoms with van der Waals surface area (Å²) in [7, 11) is 0. The Labute approximate surface area is 144 Å². The lowest BCUT2D eigenvalue weighted by Crippen LogP contribution is -2.60. The summed E-state index contributed by atoms with van der Waals surface area (Å²) >= 11 is 0. The molecule has 2 fully saturated rings. The van der Waals surface area contributed by atoms with Crippen molar-refractivity contribution in [2.75, 3.05) is 13.2 Å². The molecule has 0 aromatic carbocycles. The third kappa shape index (κ3) is 3.31. The molecule has 0 aliphatic carbocycles. The average molecular weight is 358 g/mol. The largest absolute Gasteiger partial charge is 0.471 e. The van der Waals surface area contributed by atoms with E-state index in [0.29, 0.717) is 12.0 Å². The summed E-state index contributed by atoms with van der Waals surface area (Å²) in [5.74, 6) is -1.06. The van der Waals surface area contributed by atoms with Crippen molar-refractivity contribution >= 4 is 5.97 Å². The molecule has 0 aromatic rings.